The van der Waals surface area contributed by atoms with E-state index >= 15 is 0 Å². The van der Waals surface area contributed by atoms with Crippen LogP contribution in [-0.2, 0) is 16.0 Å². The van der Waals surface area contributed by atoms with Crippen LogP contribution in [0.1, 0.15) is 22.8 Å². The largest absolute Gasteiger partial charge is 0.492 e. The molecule has 0 bridgehead atoms. The second-order valence-corrected chi connectivity index (χ2v) is 7.86. The van der Waals surface area contributed by atoms with E-state index in [-0.39, 0.29) is 18.0 Å². The summed E-state index contributed by atoms with van der Waals surface area (Å²) in [5.74, 6) is -1.10. The molecule has 1 amide bonds. The molecule has 0 saturated heterocycles. The second kappa shape index (κ2) is 8.07. The van der Waals surface area contributed by atoms with Crippen LogP contribution >= 0.6 is 0 Å². The third-order valence-corrected chi connectivity index (χ3v) is 4.74. The van der Waals surface area contributed by atoms with Gasteiger partial charge in [-0.1, -0.05) is 0 Å². The zero-order valence-corrected chi connectivity index (χ0v) is 15.9. The average molecular weight is 432 g/mol. The standard InChI is InChI=1S/C17H15F3N2O6S/c1-3-28-15-5-4-11(17(18,19)20)8-14(15)21-16(23)10-6-12(22(24)25)9-13(7-10)29(2,26)27/h4-9H,3H2,1-2H3,(H,21,23). The van der Waals surface area contributed by atoms with Crippen molar-refractivity contribution in [2.24, 2.45) is 0 Å². The molecule has 0 aliphatic heterocycles. The number of nitro benzene ring substituents is 1. The lowest BCUT2D eigenvalue weighted by atomic mass is 10.1. The Morgan fingerprint density at radius 2 is 1.86 bits per heavy atom. The summed E-state index contributed by atoms with van der Waals surface area (Å²) in [6.07, 6.45) is -3.88. The van der Waals surface area contributed by atoms with Crippen molar-refractivity contribution in [1.29, 1.82) is 0 Å². The highest BCUT2D eigenvalue weighted by atomic mass is 32.2. The topological polar surface area (TPSA) is 116 Å². The molecule has 156 valence electrons. The summed E-state index contributed by atoms with van der Waals surface area (Å²) in [6.45, 7) is 1.69. The van der Waals surface area contributed by atoms with Gasteiger partial charge in [-0.15, -0.1) is 0 Å². The lowest BCUT2D eigenvalue weighted by molar-refractivity contribution is -0.385. The van der Waals surface area contributed by atoms with E-state index in [1.165, 1.54) is 0 Å². The molecule has 2 rings (SSSR count). The molecule has 0 aliphatic rings. The van der Waals surface area contributed by atoms with E-state index in [2.05, 4.69) is 5.32 Å². The molecular formula is C17H15F3N2O6S. The number of ether oxygens (including phenoxy) is 1. The van der Waals surface area contributed by atoms with Gasteiger partial charge in [0.15, 0.2) is 9.84 Å². The van der Waals surface area contributed by atoms with Gasteiger partial charge in [0, 0.05) is 24.0 Å². The minimum Gasteiger partial charge on any atom is -0.492 e. The van der Waals surface area contributed by atoms with E-state index in [1.807, 2.05) is 0 Å². The summed E-state index contributed by atoms with van der Waals surface area (Å²) in [5.41, 5.74) is -2.45. The molecule has 1 N–H and O–H groups in total. The van der Waals surface area contributed by atoms with Crippen LogP contribution in [0.2, 0.25) is 0 Å². The normalized spacial score (nSPS) is 11.8. The monoisotopic (exact) mass is 432 g/mol. The molecule has 0 saturated carbocycles. The number of nitro groups is 1. The molecule has 0 heterocycles. The molecular weight excluding hydrogens is 417 g/mol. The summed E-state index contributed by atoms with van der Waals surface area (Å²) in [5, 5.41) is 13.2. The van der Waals surface area contributed by atoms with Crippen LogP contribution in [0.5, 0.6) is 5.75 Å². The smallest absolute Gasteiger partial charge is 0.416 e. The van der Waals surface area contributed by atoms with E-state index < -0.39 is 48.6 Å². The van der Waals surface area contributed by atoms with E-state index in [0.29, 0.717) is 6.07 Å². The Hall–Kier alpha value is -3.15. The molecule has 29 heavy (non-hydrogen) atoms. The molecule has 12 heteroatoms. The number of anilines is 1. The Morgan fingerprint density at radius 1 is 1.21 bits per heavy atom. The predicted molar refractivity (Wildman–Crippen MR) is 96.8 cm³/mol. The summed E-state index contributed by atoms with van der Waals surface area (Å²) < 4.78 is 67.6. The molecule has 0 radical (unpaired) electrons. The van der Waals surface area contributed by atoms with Crippen LogP contribution in [-0.4, -0.2) is 32.1 Å². The van der Waals surface area contributed by atoms with Crippen LogP contribution in [0.25, 0.3) is 0 Å². The van der Waals surface area contributed by atoms with Gasteiger partial charge < -0.3 is 10.1 Å². The zero-order chi connectivity index (χ0) is 22.0. The fraction of sp³-hybridized carbons (Fsp3) is 0.235. The van der Waals surface area contributed by atoms with Crippen molar-refractivity contribution in [3.8, 4) is 5.75 Å². The van der Waals surface area contributed by atoms with Crippen molar-refractivity contribution in [2.45, 2.75) is 18.0 Å². The molecule has 2 aromatic carbocycles. The first-order chi connectivity index (χ1) is 13.3. The van der Waals surface area contributed by atoms with Crippen LogP contribution in [0.4, 0.5) is 24.5 Å². The third kappa shape index (κ3) is 5.44. The van der Waals surface area contributed by atoms with Crippen LogP contribution in [0.3, 0.4) is 0 Å². The second-order valence-electron chi connectivity index (χ2n) is 5.84. The highest BCUT2D eigenvalue weighted by Gasteiger charge is 2.31. The zero-order valence-electron chi connectivity index (χ0n) is 15.1. The lowest BCUT2D eigenvalue weighted by Crippen LogP contribution is -2.15. The minimum atomic E-state index is -4.68. The maximum absolute atomic E-state index is 13.0. The van der Waals surface area contributed by atoms with Crippen molar-refractivity contribution in [3.63, 3.8) is 0 Å². The van der Waals surface area contributed by atoms with Gasteiger partial charge >= 0.3 is 6.18 Å². The summed E-state index contributed by atoms with van der Waals surface area (Å²) in [4.78, 5) is 22.2. The third-order valence-electron chi connectivity index (χ3n) is 3.65. The molecule has 0 aliphatic carbocycles. The fourth-order valence-electron chi connectivity index (χ4n) is 2.31. The first-order valence-electron chi connectivity index (χ1n) is 7.98. The van der Waals surface area contributed by atoms with Gasteiger partial charge in [-0.3, -0.25) is 14.9 Å². The molecule has 8 nitrogen and oxygen atoms in total. The molecule has 0 aromatic heterocycles. The van der Waals surface area contributed by atoms with Crippen LogP contribution in [0, 0.1) is 10.1 Å². The van der Waals surface area contributed by atoms with Gasteiger partial charge in [-0.05, 0) is 31.2 Å². The lowest BCUT2D eigenvalue weighted by Gasteiger charge is -2.15. The Kier molecular flexibility index (Phi) is 6.16. The first kappa shape index (κ1) is 22.1. The van der Waals surface area contributed by atoms with Crippen LogP contribution < -0.4 is 10.1 Å². The summed E-state index contributed by atoms with van der Waals surface area (Å²) in [6, 6.07) is 4.94. The number of amides is 1. The molecule has 0 atom stereocenters. The highest BCUT2D eigenvalue weighted by Crippen LogP contribution is 2.35. The van der Waals surface area contributed by atoms with Gasteiger partial charge in [-0.25, -0.2) is 8.42 Å². The molecule has 2 aromatic rings. The van der Waals surface area contributed by atoms with Crippen molar-refractivity contribution in [3.05, 3.63) is 57.6 Å². The van der Waals surface area contributed by atoms with Crippen molar-refractivity contribution < 1.29 is 36.0 Å². The molecule has 0 fully saturated rings. The Balaban J connectivity index is 2.51. The summed E-state index contributed by atoms with van der Waals surface area (Å²) in [7, 11) is -3.89. The fourth-order valence-corrected chi connectivity index (χ4v) is 2.99. The van der Waals surface area contributed by atoms with Crippen LogP contribution in [0.15, 0.2) is 41.3 Å². The maximum Gasteiger partial charge on any atom is 0.416 e. The number of hydrogen-bond acceptors (Lipinski definition) is 6. The summed E-state index contributed by atoms with van der Waals surface area (Å²) >= 11 is 0. The predicted octanol–water partition coefficient (Wildman–Crippen LogP) is 3.67. The maximum atomic E-state index is 13.0. The number of halogens is 3. The average Bonchev–Trinajstić information content (AvgIpc) is 2.61. The number of carbonyl (C=O) groups is 1. The Morgan fingerprint density at radius 3 is 2.38 bits per heavy atom. The van der Waals surface area contributed by atoms with E-state index in [0.717, 1.165) is 36.6 Å². The molecule has 0 unspecified atom stereocenters. The van der Waals surface area contributed by atoms with E-state index in [9.17, 15) is 36.5 Å². The quantitative estimate of drug-likeness (QED) is 0.550. The number of rotatable bonds is 6. The number of hydrogen-bond donors (Lipinski definition) is 1. The van der Waals surface area contributed by atoms with Crippen molar-refractivity contribution >= 4 is 27.1 Å². The highest BCUT2D eigenvalue weighted by molar-refractivity contribution is 7.90. The van der Waals surface area contributed by atoms with Gasteiger partial charge in [0.2, 0.25) is 0 Å². The number of benzene rings is 2. The number of alkyl halides is 3. The molecule has 0 spiro atoms. The first-order valence-corrected chi connectivity index (χ1v) is 9.87. The number of nitrogens with one attached hydrogen (secondary N) is 1. The van der Waals surface area contributed by atoms with Crippen molar-refractivity contribution in [1.82, 2.24) is 0 Å². The minimum absolute atomic E-state index is 0.0531. The number of sulfone groups is 1. The number of carbonyl (C=O) groups excluding carboxylic acids is 1. The van der Waals surface area contributed by atoms with Gasteiger partial charge in [0.25, 0.3) is 11.6 Å². The van der Waals surface area contributed by atoms with E-state index in [1.54, 1.807) is 6.92 Å². The van der Waals surface area contributed by atoms with Gasteiger partial charge in [-0.2, -0.15) is 13.2 Å². The number of non-ortho nitro benzene ring substituents is 1. The van der Waals surface area contributed by atoms with Gasteiger partial charge in [0.05, 0.1) is 27.7 Å². The Bertz CT molecular complexity index is 1070. The SMILES string of the molecule is CCOc1ccc(C(F)(F)F)cc1NC(=O)c1cc([N+](=O)[O-])cc(S(C)(=O)=O)c1. The Labute approximate surface area is 163 Å². The van der Waals surface area contributed by atoms with Gasteiger partial charge in [0.1, 0.15) is 5.75 Å². The number of nitrogens with zero attached hydrogens (tertiary/aromatic N) is 1. The van der Waals surface area contributed by atoms with E-state index in [4.69, 9.17) is 4.74 Å². The van der Waals surface area contributed by atoms with Crippen molar-refractivity contribution in [2.75, 3.05) is 18.2 Å².